The molecule has 2 aromatic rings. The van der Waals surface area contributed by atoms with E-state index in [1.807, 2.05) is 25.2 Å². The summed E-state index contributed by atoms with van der Waals surface area (Å²) in [7, 11) is 3.64. The molecule has 2 aliphatic carbocycles. The summed E-state index contributed by atoms with van der Waals surface area (Å²) in [6, 6.07) is 14.1. The molecule has 5 heteroatoms. The smallest absolute Gasteiger partial charge is 0.161 e. The van der Waals surface area contributed by atoms with Crippen LogP contribution in [0.5, 0.6) is 11.5 Å². The van der Waals surface area contributed by atoms with Crippen molar-refractivity contribution in [3.8, 4) is 11.5 Å². The van der Waals surface area contributed by atoms with Gasteiger partial charge in [-0.15, -0.1) is 0 Å². The predicted molar refractivity (Wildman–Crippen MR) is 131 cm³/mol. The fourth-order valence-electron chi connectivity index (χ4n) is 5.51. The molecule has 0 fully saturated rings. The van der Waals surface area contributed by atoms with Crippen molar-refractivity contribution < 1.29 is 19.1 Å². The van der Waals surface area contributed by atoms with Crippen LogP contribution in [-0.4, -0.2) is 30.6 Å². The number of Topliss-reactive ketones (excluding diaryl/α,β-unsaturated/α-hetero) is 2. The van der Waals surface area contributed by atoms with Crippen molar-refractivity contribution in [3.05, 3.63) is 81.7 Å². The van der Waals surface area contributed by atoms with Crippen molar-refractivity contribution in [1.29, 1.82) is 0 Å². The van der Waals surface area contributed by atoms with Gasteiger partial charge in [0.25, 0.3) is 0 Å². The number of hydrogen-bond acceptors (Lipinski definition) is 5. The lowest BCUT2D eigenvalue weighted by Gasteiger charge is -2.42. The third-order valence-electron chi connectivity index (χ3n) is 7.28. The van der Waals surface area contributed by atoms with Gasteiger partial charge < -0.3 is 14.4 Å². The number of ether oxygens (including phenoxy) is 2. The lowest BCUT2D eigenvalue weighted by molar-refractivity contribution is -0.117. The maximum Gasteiger partial charge on any atom is 0.161 e. The monoisotopic (exact) mass is 457 g/mol. The number of carbonyl (C=O) groups is 2. The minimum absolute atomic E-state index is 0.154. The van der Waals surface area contributed by atoms with Crippen molar-refractivity contribution in [2.45, 2.75) is 58.0 Å². The molecule has 3 aliphatic rings. The van der Waals surface area contributed by atoms with Crippen LogP contribution in [0.4, 0.5) is 0 Å². The second-order valence-corrected chi connectivity index (χ2v) is 9.45. The molecule has 0 aromatic heterocycles. The molecule has 0 saturated carbocycles. The number of aryl methyl sites for hydroxylation is 1. The predicted octanol–water partition coefficient (Wildman–Crippen LogP) is 5.63. The molecule has 176 valence electrons. The average molecular weight is 458 g/mol. The van der Waals surface area contributed by atoms with Crippen molar-refractivity contribution in [1.82, 2.24) is 4.90 Å². The maximum absolute atomic E-state index is 13.2. The topological polar surface area (TPSA) is 55.8 Å². The molecule has 0 amide bonds. The molecule has 0 spiro atoms. The van der Waals surface area contributed by atoms with E-state index in [2.05, 4.69) is 36.1 Å². The molecular weight excluding hydrogens is 426 g/mol. The standard InChI is InChI=1S/C29H31NO4/c1-18-10-12-19(13-11-18)17-34-25-15-14-20(16-26(25)33-3)27-28-21(6-4-8-23(28)31)30(2)22-7-5-9-24(32)29(22)27/h10-16,27H,4-9,17H2,1-3H3. The van der Waals surface area contributed by atoms with Gasteiger partial charge in [-0.25, -0.2) is 0 Å². The molecule has 1 aliphatic heterocycles. The minimum Gasteiger partial charge on any atom is -0.493 e. The van der Waals surface area contributed by atoms with E-state index < -0.39 is 0 Å². The van der Waals surface area contributed by atoms with Gasteiger partial charge in [0, 0.05) is 48.3 Å². The summed E-state index contributed by atoms with van der Waals surface area (Å²) in [6.07, 6.45) is 4.53. The fraction of sp³-hybridized carbons (Fsp3) is 0.379. The van der Waals surface area contributed by atoms with Gasteiger partial charge in [0.05, 0.1) is 7.11 Å². The summed E-state index contributed by atoms with van der Waals surface area (Å²) in [6.45, 7) is 2.50. The third kappa shape index (κ3) is 3.93. The Morgan fingerprint density at radius 1 is 0.853 bits per heavy atom. The highest BCUT2D eigenvalue weighted by Crippen LogP contribution is 2.49. The van der Waals surface area contributed by atoms with Gasteiger partial charge in [0.1, 0.15) is 6.61 Å². The quantitative estimate of drug-likeness (QED) is 0.583. The van der Waals surface area contributed by atoms with Crippen LogP contribution in [-0.2, 0) is 16.2 Å². The van der Waals surface area contributed by atoms with Gasteiger partial charge >= 0.3 is 0 Å². The van der Waals surface area contributed by atoms with Gasteiger partial charge in [-0.3, -0.25) is 9.59 Å². The van der Waals surface area contributed by atoms with Crippen molar-refractivity contribution in [3.63, 3.8) is 0 Å². The summed E-state index contributed by atoms with van der Waals surface area (Å²) >= 11 is 0. The van der Waals surface area contributed by atoms with Crippen LogP contribution in [0.25, 0.3) is 0 Å². The van der Waals surface area contributed by atoms with Crippen LogP contribution in [0.1, 0.15) is 61.1 Å². The molecule has 2 aromatic carbocycles. The molecule has 1 heterocycles. The molecule has 5 rings (SSSR count). The first-order chi connectivity index (χ1) is 16.5. The van der Waals surface area contributed by atoms with Crippen LogP contribution < -0.4 is 9.47 Å². The average Bonchev–Trinajstić information content (AvgIpc) is 2.85. The minimum atomic E-state index is -0.332. The summed E-state index contributed by atoms with van der Waals surface area (Å²) < 4.78 is 11.8. The Morgan fingerprint density at radius 2 is 1.47 bits per heavy atom. The second kappa shape index (κ2) is 9.13. The van der Waals surface area contributed by atoms with E-state index in [-0.39, 0.29) is 17.5 Å². The van der Waals surface area contributed by atoms with E-state index in [0.717, 1.165) is 59.4 Å². The molecule has 34 heavy (non-hydrogen) atoms. The van der Waals surface area contributed by atoms with Gasteiger partial charge in [-0.1, -0.05) is 35.9 Å². The Labute approximate surface area is 201 Å². The highest BCUT2D eigenvalue weighted by Gasteiger charge is 2.42. The van der Waals surface area contributed by atoms with Gasteiger partial charge in [-0.05, 0) is 55.9 Å². The number of methoxy groups -OCH3 is 1. The summed E-state index contributed by atoms with van der Waals surface area (Å²) in [5.74, 6) is 1.23. The number of ketones is 2. The van der Waals surface area contributed by atoms with E-state index in [1.165, 1.54) is 5.56 Å². The van der Waals surface area contributed by atoms with E-state index in [1.54, 1.807) is 7.11 Å². The Balaban J connectivity index is 1.53. The largest absolute Gasteiger partial charge is 0.493 e. The highest BCUT2D eigenvalue weighted by atomic mass is 16.5. The molecule has 5 nitrogen and oxygen atoms in total. The Morgan fingerprint density at radius 3 is 2.06 bits per heavy atom. The molecular formula is C29H31NO4. The summed E-state index contributed by atoms with van der Waals surface area (Å²) in [4.78, 5) is 28.5. The van der Waals surface area contributed by atoms with Crippen molar-refractivity contribution in [2.24, 2.45) is 0 Å². The number of hydrogen-bond donors (Lipinski definition) is 0. The van der Waals surface area contributed by atoms with Crippen molar-refractivity contribution in [2.75, 3.05) is 14.2 Å². The van der Waals surface area contributed by atoms with E-state index in [0.29, 0.717) is 30.9 Å². The van der Waals surface area contributed by atoms with E-state index in [4.69, 9.17) is 9.47 Å². The first-order valence-electron chi connectivity index (χ1n) is 12.1. The lowest BCUT2D eigenvalue weighted by Crippen LogP contribution is -2.37. The normalized spacial score (nSPS) is 18.7. The van der Waals surface area contributed by atoms with Gasteiger partial charge in [-0.2, -0.15) is 0 Å². The number of nitrogens with zero attached hydrogens (tertiary/aromatic N) is 1. The first-order valence-corrected chi connectivity index (χ1v) is 12.1. The Bertz CT molecular complexity index is 1160. The molecule has 0 N–H and O–H groups in total. The zero-order valence-corrected chi connectivity index (χ0v) is 20.1. The van der Waals surface area contributed by atoms with Gasteiger partial charge in [0.15, 0.2) is 23.1 Å². The lowest BCUT2D eigenvalue weighted by atomic mass is 9.71. The summed E-state index contributed by atoms with van der Waals surface area (Å²) in [5.41, 5.74) is 6.94. The summed E-state index contributed by atoms with van der Waals surface area (Å²) in [5, 5.41) is 0. The van der Waals surface area contributed by atoms with E-state index in [9.17, 15) is 9.59 Å². The van der Waals surface area contributed by atoms with Crippen LogP contribution in [0.3, 0.4) is 0 Å². The number of allylic oxidation sites excluding steroid dienone is 4. The zero-order chi connectivity index (χ0) is 23.8. The van der Waals surface area contributed by atoms with Crippen LogP contribution in [0.2, 0.25) is 0 Å². The number of benzene rings is 2. The molecule has 0 saturated heterocycles. The zero-order valence-electron chi connectivity index (χ0n) is 20.1. The molecule has 0 unspecified atom stereocenters. The van der Waals surface area contributed by atoms with Crippen LogP contribution >= 0.6 is 0 Å². The second-order valence-electron chi connectivity index (χ2n) is 9.45. The molecule has 0 bridgehead atoms. The maximum atomic E-state index is 13.2. The van der Waals surface area contributed by atoms with Crippen LogP contribution in [0.15, 0.2) is 65.0 Å². The number of carbonyl (C=O) groups excluding carboxylic acids is 2. The van der Waals surface area contributed by atoms with E-state index >= 15 is 0 Å². The first kappa shape index (κ1) is 22.5. The fourth-order valence-corrected chi connectivity index (χ4v) is 5.51. The third-order valence-corrected chi connectivity index (χ3v) is 7.28. The number of rotatable bonds is 5. The van der Waals surface area contributed by atoms with Gasteiger partial charge in [0.2, 0.25) is 0 Å². The highest BCUT2D eigenvalue weighted by molar-refractivity contribution is 6.06. The Hall–Kier alpha value is -3.34. The molecule has 0 radical (unpaired) electrons. The SMILES string of the molecule is COc1cc(C2C3=C(CCCC3=O)N(C)C3=C2C(=O)CCC3)ccc1OCc1ccc(C)cc1. The van der Waals surface area contributed by atoms with Crippen molar-refractivity contribution >= 4 is 11.6 Å². The Kier molecular flexibility index (Phi) is 6.03. The molecule has 0 atom stereocenters. The van der Waals surface area contributed by atoms with Crippen LogP contribution in [0, 0.1) is 6.92 Å².